The Kier molecular flexibility index (Phi) is 6.82. The summed E-state index contributed by atoms with van der Waals surface area (Å²) in [5, 5.41) is 2.94. The van der Waals surface area contributed by atoms with Gasteiger partial charge in [-0.3, -0.25) is 4.79 Å². The number of carbonyl (C=O) groups excluding carboxylic acids is 1. The van der Waals surface area contributed by atoms with E-state index < -0.39 is 0 Å². The fourth-order valence-electron chi connectivity index (χ4n) is 2.54. The van der Waals surface area contributed by atoms with Gasteiger partial charge in [-0.2, -0.15) is 0 Å². The minimum Gasteiger partial charge on any atom is -0.377 e. The van der Waals surface area contributed by atoms with Gasteiger partial charge in [0.15, 0.2) is 0 Å². The molecule has 0 bridgehead atoms. The van der Waals surface area contributed by atoms with Crippen molar-refractivity contribution in [1.29, 1.82) is 0 Å². The van der Waals surface area contributed by atoms with Gasteiger partial charge in [0, 0.05) is 18.9 Å². The molecule has 0 aliphatic rings. The van der Waals surface area contributed by atoms with Crippen LogP contribution in [0.1, 0.15) is 37.3 Å². The topological polar surface area (TPSA) is 38.3 Å². The number of nitrogens with one attached hydrogen (secondary N) is 1. The second kappa shape index (κ2) is 9.11. The summed E-state index contributed by atoms with van der Waals surface area (Å²) in [5.41, 5.74) is 2.32. The molecule has 0 atom stereocenters. The Hall–Kier alpha value is -2.13. The first-order valence-corrected chi connectivity index (χ1v) is 8.15. The first-order valence-electron chi connectivity index (χ1n) is 8.15. The van der Waals surface area contributed by atoms with Crippen LogP contribution < -0.4 is 5.32 Å². The largest absolute Gasteiger partial charge is 0.377 e. The minimum atomic E-state index is 0.0510. The normalized spacial score (nSPS) is 11.0. The summed E-state index contributed by atoms with van der Waals surface area (Å²) in [6.45, 7) is 5.07. The molecule has 0 fully saturated rings. The van der Waals surface area contributed by atoms with Crippen LogP contribution in [0, 0.1) is 0 Å². The van der Waals surface area contributed by atoms with E-state index in [1.807, 2.05) is 50.2 Å². The molecule has 0 saturated carbocycles. The number of amides is 1. The van der Waals surface area contributed by atoms with Crippen LogP contribution in [0.3, 0.4) is 0 Å². The zero-order chi connectivity index (χ0) is 16.5. The molecule has 3 heteroatoms. The van der Waals surface area contributed by atoms with Gasteiger partial charge >= 0.3 is 0 Å². The van der Waals surface area contributed by atoms with Crippen molar-refractivity contribution in [3.63, 3.8) is 0 Å². The fourth-order valence-corrected chi connectivity index (χ4v) is 2.54. The second-order valence-corrected chi connectivity index (χ2v) is 5.85. The van der Waals surface area contributed by atoms with E-state index in [0.29, 0.717) is 19.6 Å². The van der Waals surface area contributed by atoms with Crippen LogP contribution in [0.15, 0.2) is 60.7 Å². The van der Waals surface area contributed by atoms with E-state index in [9.17, 15) is 4.79 Å². The average Bonchev–Trinajstić information content (AvgIpc) is 2.58. The highest BCUT2D eigenvalue weighted by Gasteiger charge is 2.17. The van der Waals surface area contributed by atoms with Crippen molar-refractivity contribution in [2.45, 2.75) is 32.3 Å². The molecule has 1 N–H and O–H groups in total. The van der Waals surface area contributed by atoms with Crippen molar-refractivity contribution in [2.75, 3.05) is 13.2 Å². The maximum Gasteiger partial charge on any atom is 0.221 e. The van der Waals surface area contributed by atoms with Crippen molar-refractivity contribution in [1.82, 2.24) is 5.32 Å². The minimum absolute atomic E-state index is 0.0510. The van der Waals surface area contributed by atoms with E-state index >= 15 is 0 Å². The predicted octanol–water partition coefficient (Wildman–Crippen LogP) is 3.75. The summed E-state index contributed by atoms with van der Waals surface area (Å²) in [5.74, 6) is 0.124. The van der Waals surface area contributed by atoms with Crippen LogP contribution >= 0.6 is 0 Å². The number of carbonyl (C=O) groups is 1. The monoisotopic (exact) mass is 311 g/mol. The third-order valence-corrected chi connectivity index (χ3v) is 3.67. The Balaban J connectivity index is 2.00. The fraction of sp³-hybridized carbons (Fsp3) is 0.350. The van der Waals surface area contributed by atoms with Gasteiger partial charge in [-0.25, -0.2) is 0 Å². The van der Waals surface area contributed by atoms with E-state index in [-0.39, 0.29) is 17.9 Å². The second-order valence-electron chi connectivity index (χ2n) is 5.85. The molecule has 0 heterocycles. The van der Waals surface area contributed by atoms with E-state index in [1.54, 1.807) is 0 Å². The van der Waals surface area contributed by atoms with Crippen molar-refractivity contribution >= 4 is 5.91 Å². The Bertz CT molecular complexity index is 542. The zero-order valence-electron chi connectivity index (χ0n) is 13.9. The highest BCUT2D eigenvalue weighted by atomic mass is 16.5. The van der Waals surface area contributed by atoms with Gasteiger partial charge in [0.2, 0.25) is 5.91 Å². The van der Waals surface area contributed by atoms with Crippen LogP contribution in [0.2, 0.25) is 0 Å². The van der Waals surface area contributed by atoms with Crippen molar-refractivity contribution in [3.05, 3.63) is 71.8 Å². The lowest BCUT2D eigenvalue weighted by atomic mass is 9.88. The molecule has 2 aromatic rings. The summed E-state index contributed by atoms with van der Waals surface area (Å²) >= 11 is 0. The zero-order valence-corrected chi connectivity index (χ0v) is 13.9. The number of benzene rings is 2. The van der Waals surface area contributed by atoms with E-state index in [4.69, 9.17) is 4.74 Å². The highest BCUT2D eigenvalue weighted by molar-refractivity contribution is 5.77. The van der Waals surface area contributed by atoms with Gasteiger partial charge in [-0.05, 0) is 25.0 Å². The predicted molar refractivity (Wildman–Crippen MR) is 93.4 cm³/mol. The molecule has 23 heavy (non-hydrogen) atoms. The van der Waals surface area contributed by atoms with Gasteiger partial charge in [0.1, 0.15) is 0 Å². The molecule has 0 aliphatic heterocycles. The molecular weight excluding hydrogens is 286 g/mol. The molecule has 0 aromatic heterocycles. The third kappa shape index (κ3) is 5.87. The maximum atomic E-state index is 12.3. The summed E-state index contributed by atoms with van der Waals surface area (Å²) in [6, 6.07) is 20.3. The summed E-state index contributed by atoms with van der Waals surface area (Å²) in [7, 11) is 0. The Morgan fingerprint density at radius 1 is 0.957 bits per heavy atom. The number of hydrogen-bond donors (Lipinski definition) is 1. The highest BCUT2D eigenvalue weighted by Crippen LogP contribution is 2.27. The van der Waals surface area contributed by atoms with Gasteiger partial charge in [0.25, 0.3) is 0 Å². The molecule has 1 amide bonds. The molecule has 0 unspecified atom stereocenters. The Labute approximate surface area is 138 Å². The molecule has 122 valence electrons. The van der Waals surface area contributed by atoms with Crippen LogP contribution in [-0.4, -0.2) is 25.2 Å². The van der Waals surface area contributed by atoms with Crippen molar-refractivity contribution in [2.24, 2.45) is 0 Å². The van der Waals surface area contributed by atoms with Crippen molar-refractivity contribution in [3.8, 4) is 0 Å². The number of rotatable bonds is 8. The lowest BCUT2D eigenvalue weighted by Crippen LogP contribution is -2.29. The Morgan fingerprint density at radius 3 is 1.96 bits per heavy atom. The molecule has 0 radical (unpaired) electrons. The molecule has 2 rings (SSSR count). The third-order valence-electron chi connectivity index (χ3n) is 3.67. The smallest absolute Gasteiger partial charge is 0.221 e. The van der Waals surface area contributed by atoms with Crippen molar-refractivity contribution < 1.29 is 9.53 Å². The molecule has 2 aromatic carbocycles. The van der Waals surface area contributed by atoms with Crippen LogP contribution in [0.25, 0.3) is 0 Å². The first kappa shape index (κ1) is 17.2. The summed E-state index contributed by atoms with van der Waals surface area (Å²) < 4.78 is 5.45. The summed E-state index contributed by atoms with van der Waals surface area (Å²) in [6.07, 6.45) is 0.628. The lowest BCUT2D eigenvalue weighted by Gasteiger charge is -2.18. The van der Waals surface area contributed by atoms with Crippen LogP contribution in [-0.2, 0) is 9.53 Å². The van der Waals surface area contributed by atoms with Crippen LogP contribution in [0.5, 0.6) is 0 Å². The van der Waals surface area contributed by atoms with Gasteiger partial charge in [0.05, 0.1) is 12.7 Å². The number of ether oxygens (including phenoxy) is 1. The molecule has 0 aliphatic carbocycles. The Morgan fingerprint density at radius 2 is 1.48 bits per heavy atom. The lowest BCUT2D eigenvalue weighted by molar-refractivity contribution is -0.121. The van der Waals surface area contributed by atoms with Gasteiger partial charge in [-0.1, -0.05) is 60.7 Å². The van der Waals surface area contributed by atoms with E-state index in [0.717, 1.165) is 11.1 Å². The quantitative estimate of drug-likeness (QED) is 0.754. The maximum absolute atomic E-state index is 12.3. The van der Waals surface area contributed by atoms with E-state index in [1.165, 1.54) is 0 Å². The molecular formula is C20H25NO2. The van der Waals surface area contributed by atoms with Crippen LogP contribution in [0.4, 0.5) is 0 Å². The number of hydrogen-bond acceptors (Lipinski definition) is 2. The van der Waals surface area contributed by atoms with E-state index in [2.05, 4.69) is 29.6 Å². The standard InChI is InChI=1S/C20H25NO2/c1-16(2)23-14-13-21-20(22)15-19(17-9-5-3-6-10-17)18-11-7-4-8-12-18/h3-12,16,19H,13-15H2,1-2H3,(H,21,22). The van der Waals surface area contributed by atoms with Gasteiger partial charge < -0.3 is 10.1 Å². The first-order chi connectivity index (χ1) is 11.2. The average molecular weight is 311 g/mol. The molecule has 0 spiro atoms. The molecule has 3 nitrogen and oxygen atoms in total. The SMILES string of the molecule is CC(C)OCCNC(=O)CC(c1ccccc1)c1ccccc1. The molecule has 0 saturated heterocycles. The summed E-state index contributed by atoms with van der Waals surface area (Å²) in [4.78, 5) is 12.3. The van der Waals surface area contributed by atoms with Gasteiger partial charge in [-0.15, -0.1) is 0 Å².